The maximum atomic E-state index is 12.6. The number of hydrogen-bond donors (Lipinski definition) is 4. The Morgan fingerprint density at radius 1 is 1.28 bits per heavy atom. The van der Waals surface area contributed by atoms with Crippen LogP contribution in [-0.2, 0) is 14.8 Å². The summed E-state index contributed by atoms with van der Waals surface area (Å²) in [6.45, 7) is -0.422. The number of halogens is 1. The van der Waals surface area contributed by atoms with E-state index in [2.05, 4.69) is 19.7 Å². The van der Waals surface area contributed by atoms with Crippen LogP contribution in [0.25, 0.3) is 11.2 Å². The minimum absolute atomic E-state index is 0.117. The monoisotopic (exact) mass is 485 g/mol. The van der Waals surface area contributed by atoms with Crippen LogP contribution in [0.3, 0.4) is 0 Å². The van der Waals surface area contributed by atoms with E-state index in [0.717, 1.165) is 18.2 Å². The van der Waals surface area contributed by atoms with Gasteiger partial charge in [0.15, 0.2) is 17.7 Å². The van der Waals surface area contributed by atoms with Gasteiger partial charge in [-0.15, -0.1) is 0 Å². The average molecular weight is 486 g/mol. The van der Waals surface area contributed by atoms with Crippen molar-refractivity contribution in [3.63, 3.8) is 0 Å². The summed E-state index contributed by atoms with van der Waals surface area (Å²) in [6.07, 6.45) is -2.64. The van der Waals surface area contributed by atoms with Crippen LogP contribution in [0, 0.1) is 10.1 Å². The fourth-order valence-corrected chi connectivity index (χ4v) is 4.86. The predicted molar refractivity (Wildman–Crippen MR) is 109 cm³/mol. The van der Waals surface area contributed by atoms with Gasteiger partial charge >= 0.3 is 0 Å². The molecule has 2 aromatic heterocycles. The average Bonchev–Trinajstić information content (AvgIpc) is 3.29. The summed E-state index contributed by atoms with van der Waals surface area (Å²) in [7, 11) is -4.21. The number of hydrogen-bond acceptors (Lipinski definition) is 11. The molecule has 0 radical (unpaired) electrons. The normalized spacial score (nSPS) is 23.6. The molecular formula is C16H16ClN7O7S. The number of nitrogens with one attached hydrogen (secondary N) is 1. The number of aromatic nitrogens is 4. The second kappa shape index (κ2) is 8.19. The molecule has 1 aliphatic heterocycles. The van der Waals surface area contributed by atoms with Crippen LogP contribution in [-0.4, -0.2) is 67.9 Å². The Morgan fingerprint density at radius 3 is 2.72 bits per heavy atom. The van der Waals surface area contributed by atoms with E-state index in [1.807, 2.05) is 0 Å². The zero-order valence-electron chi connectivity index (χ0n) is 15.9. The third-order valence-electron chi connectivity index (χ3n) is 4.89. The van der Waals surface area contributed by atoms with Crippen LogP contribution in [0.5, 0.6) is 0 Å². The van der Waals surface area contributed by atoms with E-state index >= 15 is 0 Å². The number of aliphatic hydroxyl groups excluding tert-OH is 2. The van der Waals surface area contributed by atoms with Crippen LogP contribution in [0.15, 0.2) is 35.7 Å². The maximum absolute atomic E-state index is 12.6. The van der Waals surface area contributed by atoms with E-state index in [9.17, 15) is 28.7 Å². The van der Waals surface area contributed by atoms with Gasteiger partial charge in [0.25, 0.3) is 5.69 Å². The molecule has 0 saturated carbocycles. The topological polar surface area (TPSA) is 209 Å². The van der Waals surface area contributed by atoms with E-state index in [0.29, 0.717) is 0 Å². The fraction of sp³-hybridized carbons (Fsp3) is 0.312. The number of nitrogens with two attached hydrogens (primary N) is 1. The van der Waals surface area contributed by atoms with Gasteiger partial charge in [0.05, 0.1) is 16.3 Å². The third-order valence-corrected chi connectivity index (χ3v) is 6.80. The van der Waals surface area contributed by atoms with Crippen molar-refractivity contribution < 1.29 is 28.3 Å². The van der Waals surface area contributed by atoms with Crippen LogP contribution in [0.2, 0.25) is 5.02 Å². The van der Waals surface area contributed by atoms with Gasteiger partial charge in [-0.05, 0) is 6.07 Å². The molecule has 1 fully saturated rings. The number of anilines is 1. The minimum atomic E-state index is -4.21. The molecule has 0 unspecified atom stereocenters. The summed E-state index contributed by atoms with van der Waals surface area (Å²) in [5.41, 5.74) is 5.90. The molecule has 32 heavy (non-hydrogen) atoms. The molecule has 16 heteroatoms. The Hall–Kier alpha value is -2.95. The Bertz CT molecular complexity index is 1300. The van der Waals surface area contributed by atoms with Crippen molar-refractivity contribution in [3.8, 4) is 0 Å². The van der Waals surface area contributed by atoms with E-state index in [-0.39, 0.29) is 32.6 Å². The number of nitrogen functional groups attached to an aromatic ring is 1. The highest BCUT2D eigenvalue weighted by atomic mass is 35.5. The summed E-state index contributed by atoms with van der Waals surface area (Å²) >= 11 is 5.89. The summed E-state index contributed by atoms with van der Waals surface area (Å²) in [5, 5.41) is 31.3. The molecule has 0 aliphatic carbocycles. The number of nitro benzene ring substituents is 1. The lowest BCUT2D eigenvalue weighted by Crippen LogP contribution is -2.39. The zero-order chi connectivity index (χ0) is 23.2. The summed E-state index contributed by atoms with van der Waals surface area (Å²) in [4.78, 5) is 21.6. The first kappa shape index (κ1) is 22.3. The highest BCUT2D eigenvalue weighted by Crippen LogP contribution is 2.32. The molecule has 3 aromatic rings. The standard InChI is InChI=1S/C16H16ClN7O7S/c17-8-3-7(24(27)28)1-2-10(8)32(29,30)22-4-9-12(25)13(26)16(31-9)23-6-21-11-14(18)19-5-20-15(11)23/h1-3,5-6,9,12-13,16,22,25-26H,4H2,(H2,18,19,20)/t9-,12-,13-,16-/m1/s1. The van der Waals surface area contributed by atoms with Gasteiger partial charge in [-0.1, -0.05) is 11.6 Å². The van der Waals surface area contributed by atoms with Gasteiger partial charge in [0.1, 0.15) is 35.1 Å². The molecule has 4 atom stereocenters. The summed E-state index contributed by atoms with van der Waals surface area (Å²) < 4.78 is 34.4. The van der Waals surface area contributed by atoms with Crippen molar-refractivity contribution in [2.45, 2.75) is 29.4 Å². The van der Waals surface area contributed by atoms with Gasteiger partial charge in [0.2, 0.25) is 10.0 Å². The van der Waals surface area contributed by atoms with Gasteiger partial charge in [-0.3, -0.25) is 14.7 Å². The predicted octanol–water partition coefficient (Wildman–Crippen LogP) is -0.432. The number of imidazole rings is 1. The molecule has 3 heterocycles. The van der Waals surface area contributed by atoms with Crippen molar-refractivity contribution in [2.75, 3.05) is 12.3 Å². The third kappa shape index (κ3) is 3.85. The molecule has 14 nitrogen and oxygen atoms in total. The molecule has 0 amide bonds. The Kier molecular flexibility index (Phi) is 5.70. The number of rotatable bonds is 6. The van der Waals surface area contributed by atoms with E-state index in [1.54, 1.807) is 0 Å². The molecule has 4 rings (SSSR count). The first-order chi connectivity index (χ1) is 15.1. The number of aliphatic hydroxyl groups is 2. The van der Waals surface area contributed by atoms with Gasteiger partial charge in [-0.2, -0.15) is 0 Å². The van der Waals surface area contributed by atoms with Crippen LogP contribution >= 0.6 is 11.6 Å². The summed E-state index contributed by atoms with van der Waals surface area (Å²) in [5.74, 6) is 0.117. The first-order valence-electron chi connectivity index (χ1n) is 8.98. The smallest absolute Gasteiger partial charge is 0.271 e. The molecule has 170 valence electrons. The molecule has 0 bridgehead atoms. The lowest BCUT2D eigenvalue weighted by Gasteiger charge is -2.16. The Morgan fingerprint density at radius 2 is 2.03 bits per heavy atom. The molecular weight excluding hydrogens is 470 g/mol. The van der Waals surface area contributed by atoms with Crippen molar-refractivity contribution >= 4 is 44.3 Å². The SMILES string of the molecule is Nc1ncnc2c1ncn2[C@@H]1O[C@H](CNS(=O)(=O)c2ccc([N+](=O)[O-])cc2Cl)[C@@H](O)[C@H]1O. The highest BCUT2D eigenvalue weighted by molar-refractivity contribution is 7.89. The number of nitrogens with zero attached hydrogens (tertiary/aromatic N) is 5. The van der Waals surface area contributed by atoms with Gasteiger partial charge in [-0.25, -0.2) is 28.1 Å². The number of benzene rings is 1. The molecule has 1 aliphatic rings. The fourth-order valence-electron chi connectivity index (χ4n) is 3.27. The van der Waals surface area contributed by atoms with Gasteiger partial charge in [0, 0.05) is 18.7 Å². The maximum Gasteiger partial charge on any atom is 0.271 e. The molecule has 0 spiro atoms. The number of nitro groups is 1. The first-order valence-corrected chi connectivity index (χ1v) is 10.8. The van der Waals surface area contributed by atoms with Crippen LogP contribution in [0.1, 0.15) is 6.23 Å². The Labute approximate surface area is 184 Å². The quantitative estimate of drug-likeness (QED) is 0.260. The van der Waals surface area contributed by atoms with E-state index in [1.165, 1.54) is 17.2 Å². The van der Waals surface area contributed by atoms with Gasteiger partial charge < -0.3 is 20.7 Å². The van der Waals surface area contributed by atoms with Crippen LogP contribution < -0.4 is 10.5 Å². The van der Waals surface area contributed by atoms with E-state index in [4.69, 9.17) is 22.1 Å². The summed E-state index contributed by atoms with van der Waals surface area (Å²) in [6, 6.07) is 2.90. The number of fused-ring (bicyclic) bond motifs is 1. The van der Waals surface area contributed by atoms with Crippen molar-refractivity contribution in [2.24, 2.45) is 0 Å². The van der Waals surface area contributed by atoms with Crippen molar-refractivity contribution in [1.82, 2.24) is 24.2 Å². The second-order valence-corrected chi connectivity index (χ2v) is 9.00. The molecule has 1 saturated heterocycles. The van der Waals surface area contributed by atoms with Crippen molar-refractivity contribution in [3.05, 3.63) is 46.0 Å². The largest absolute Gasteiger partial charge is 0.387 e. The number of sulfonamides is 1. The van der Waals surface area contributed by atoms with Crippen molar-refractivity contribution in [1.29, 1.82) is 0 Å². The molecule has 1 aromatic carbocycles. The number of non-ortho nitro benzene ring substituents is 1. The minimum Gasteiger partial charge on any atom is -0.387 e. The van der Waals surface area contributed by atoms with Crippen LogP contribution in [0.4, 0.5) is 11.5 Å². The van der Waals surface area contributed by atoms with E-state index < -0.39 is 46.0 Å². The lowest BCUT2D eigenvalue weighted by atomic mass is 10.1. The Balaban J connectivity index is 1.52. The molecule has 5 N–H and O–H groups in total. The lowest BCUT2D eigenvalue weighted by molar-refractivity contribution is -0.384. The second-order valence-electron chi connectivity index (χ2n) is 6.85. The zero-order valence-corrected chi connectivity index (χ0v) is 17.5. The highest BCUT2D eigenvalue weighted by Gasteiger charge is 2.44. The number of ether oxygens (including phenoxy) is 1.